The highest BCUT2D eigenvalue weighted by Crippen LogP contribution is 2.19. The van der Waals surface area contributed by atoms with Gasteiger partial charge in [0.15, 0.2) is 6.29 Å². The van der Waals surface area contributed by atoms with E-state index in [1.165, 1.54) is 0 Å². The fraction of sp³-hybridized carbons (Fsp3) is 0.889. The maximum atomic E-state index is 11.1. The number of hydrogen-bond donors (Lipinski definition) is 5. The molecule has 1 heterocycles. The molecule has 7 heteroatoms. The van der Waals surface area contributed by atoms with Gasteiger partial charge in [-0.2, -0.15) is 0 Å². The van der Waals surface area contributed by atoms with E-state index >= 15 is 0 Å². The fourth-order valence-electron chi connectivity index (χ4n) is 1.54. The van der Waals surface area contributed by atoms with Crippen molar-refractivity contribution in [3.63, 3.8) is 0 Å². The van der Waals surface area contributed by atoms with Gasteiger partial charge in [0.2, 0.25) is 5.91 Å². The van der Waals surface area contributed by atoms with Gasteiger partial charge in [0.25, 0.3) is 0 Å². The molecule has 0 radical (unpaired) electrons. The molecular weight excluding hydrogens is 218 g/mol. The third-order valence-electron chi connectivity index (χ3n) is 2.55. The van der Waals surface area contributed by atoms with Gasteiger partial charge < -0.3 is 30.5 Å². The van der Waals surface area contributed by atoms with E-state index in [1.54, 1.807) is 6.92 Å². The molecule has 7 nitrogen and oxygen atoms in total. The standard InChI is InChI=1S/C9H17NO6/c1-2-5(12)10-6-8(14)7(13)4(3-11)16-9(6)15/h4,6-9,11,13-15H,2-3H2,1H3,(H,10,12)/t4-,6+,7-,8-,9+/m1/s1. The van der Waals surface area contributed by atoms with E-state index in [2.05, 4.69) is 5.32 Å². The fourth-order valence-corrected chi connectivity index (χ4v) is 1.54. The average molecular weight is 235 g/mol. The Hall–Kier alpha value is -0.730. The zero-order valence-electron chi connectivity index (χ0n) is 8.91. The predicted molar refractivity (Wildman–Crippen MR) is 52.2 cm³/mol. The smallest absolute Gasteiger partial charge is 0.220 e. The van der Waals surface area contributed by atoms with Gasteiger partial charge in [-0.1, -0.05) is 6.92 Å². The van der Waals surface area contributed by atoms with Crippen molar-refractivity contribution in [1.82, 2.24) is 5.32 Å². The Kier molecular flexibility index (Phi) is 4.63. The third kappa shape index (κ3) is 2.69. The van der Waals surface area contributed by atoms with Crippen LogP contribution in [-0.4, -0.2) is 63.6 Å². The molecule has 16 heavy (non-hydrogen) atoms. The van der Waals surface area contributed by atoms with Crippen molar-refractivity contribution in [3.8, 4) is 0 Å². The van der Waals surface area contributed by atoms with Crippen LogP contribution in [0, 0.1) is 0 Å². The largest absolute Gasteiger partial charge is 0.394 e. The molecule has 0 spiro atoms. The number of aliphatic hydroxyl groups excluding tert-OH is 4. The van der Waals surface area contributed by atoms with Crippen LogP contribution in [-0.2, 0) is 9.53 Å². The Morgan fingerprint density at radius 1 is 1.31 bits per heavy atom. The van der Waals surface area contributed by atoms with Crippen LogP contribution in [0.25, 0.3) is 0 Å². The molecule has 1 aliphatic heterocycles. The zero-order chi connectivity index (χ0) is 12.3. The first-order valence-electron chi connectivity index (χ1n) is 5.11. The number of ether oxygens (including phenoxy) is 1. The van der Waals surface area contributed by atoms with Crippen LogP contribution in [0.4, 0.5) is 0 Å². The minimum absolute atomic E-state index is 0.190. The number of carbonyl (C=O) groups excluding carboxylic acids is 1. The number of hydrogen-bond acceptors (Lipinski definition) is 6. The summed E-state index contributed by atoms with van der Waals surface area (Å²) in [6, 6.07) is -1.09. The maximum absolute atomic E-state index is 11.1. The summed E-state index contributed by atoms with van der Waals surface area (Å²) in [5.41, 5.74) is 0. The first-order valence-corrected chi connectivity index (χ1v) is 5.11. The van der Waals surface area contributed by atoms with E-state index in [9.17, 15) is 20.1 Å². The second kappa shape index (κ2) is 5.55. The average Bonchev–Trinajstić information content (AvgIpc) is 2.28. The molecule has 1 fully saturated rings. The highest BCUT2D eigenvalue weighted by molar-refractivity contribution is 5.76. The van der Waals surface area contributed by atoms with Crippen LogP contribution < -0.4 is 5.32 Å². The number of amides is 1. The number of carbonyl (C=O) groups is 1. The van der Waals surface area contributed by atoms with Crippen molar-refractivity contribution in [2.45, 2.75) is 44.0 Å². The normalized spacial score (nSPS) is 39.4. The summed E-state index contributed by atoms with van der Waals surface area (Å²) in [5, 5.41) is 39.8. The molecular formula is C9H17NO6. The molecule has 1 aliphatic rings. The van der Waals surface area contributed by atoms with Gasteiger partial charge in [-0.3, -0.25) is 4.79 Å². The Bertz CT molecular complexity index is 248. The number of aliphatic hydroxyl groups is 4. The van der Waals surface area contributed by atoms with E-state index in [1.807, 2.05) is 0 Å². The second-order valence-electron chi connectivity index (χ2n) is 3.68. The second-order valence-corrected chi connectivity index (χ2v) is 3.68. The van der Waals surface area contributed by atoms with Crippen LogP contribution in [0.15, 0.2) is 0 Å². The highest BCUT2D eigenvalue weighted by Gasteiger charge is 2.44. The van der Waals surface area contributed by atoms with Crippen LogP contribution in [0.1, 0.15) is 13.3 Å². The molecule has 0 aromatic rings. The Morgan fingerprint density at radius 3 is 2.44 bits per heavy atom. The van der Waals surface area contributed by atoms with E-state index in [4.69, 9.17) is 9.84 Å². The Morgan fingerprint density at radius 2 is 1.94 bits per heavy atom. The van der Waals surface area contributed by atoms with Crippen LogP contribution >= 0.6 is 0 Å². The molecule has 0 aromatic carbocycles. The maximum Gasteiger partial charge on any atom is 0.220 e. The van der Waals surface area contributed by atoms with Crippen LogP contribution in [0.2, 0.25) is 0 Å². The lowest BCUT2D eigenvalue weighted by atomic mass is 9.97. The van der Waals surface area contributed by atoms with Gasteiger partial charge in [-0.25, -0.2) is 0 Å². The lowest BCUT2D eigenvalue weighted by Gasteiger charge is -2.40. The number of nitrogens with one attached hydrogen (secondary N) is 1. The molecule has 5 N–H and O–H groups in total. The van der Waals surface area contributed by atoms with Gasteiger partial charge in [0.1, 0.15) is 24.4 Å². The minimum Gasteiger partial charge on any atom is -0.394 e. The SMILES string of the molecule is CCC(=O)N[C@H]1[C@@H](O)[C@H](O)[C@@H](CO)O[C@@H]1O. The van der Waals surface area contributed by atoms with Gasteiger partial charge in [0.05, 0.1) is 6.61 Å². The summed E-state index contributed by atoms with van der Waals surface area (Å²) in [4.78, 5) is 11.1. The van der Waals surface area contributed by atoms with Crippen LogP contribution in [0.3, 0.4) is 0 Å². The van der Waals surface area contributed by atoms with Crippen molar-refractivity contribution in [1.29, 1.82) is 0 Å². The summed E-state index contributed by atoms with van der Waals surface area (Å²) in [7, 11) is 0. The molecule has 0 aliphatic carbocycles. The van der Waals surface area contributed by atoms with Gasteiger partial charge >= 0.3 is 0 Å². The first kappa shape index (κ1) is 13.3. The van der Waals surface area contributed by atoms with Crippen molar-refractivity contribution in [3.05, 3.63) is 0 Å². The quantitative estimate of drug-likeness (QED) is 0.363. The first-order chi connectivity index (χ1) is 7.51. The van der Waals surface area contributed by atoms with Crippen LogP contribution in [0.5, 0.6) is 0 Å². The Balaban J connectivity index is 2.67. The predicted octanol–water partition coefficient (Wildman–Crippen LogP) is -2.69. The topological polar surface area (TPSA) is 119 Å². The van der Waals surface area contributed by atoms with Crippen molar-refractivity contribution < 1.29 is 30.0 Å². The molecule has 94 valence electrons. The molecule has 0 unspecified atom stereocenters. The summed E-state index contributed by atoms with van der Waals surface area (Å²) < 4.78 is 4.86. The molecule has 0 saturated carbocycles. The van der Waals surface area contributed by atoms with E-state index in [0.717, 1.165) is 0 Å². The van der Waals surface area contributed by atoms with Gasteiger partial charge in [-0.15, -0.1) is 0 Å². The third-order valence-corrected chi connectivity index (χ3v) is 2.55. The molecule has 5 atom stereocenters. The summed E-state index contributed by atoms with van der Waals surface area (Å²) in [6.07, 6.45) is -5.05. The summed E-state index contributed by atoms with van der Waals surface area (Å²) >= 11 is 0. The van der Waals surface area contributed by atoms with E-state index in [0.29, 0.717) is 0 Å². The molecule has 1 amide bonds. The van der Waals surface area contributed by atoms with Crippen molar-refractivity contribution in [2.75, 3.05) is 6.61 Å². The van der Waals surface area contributed by atoms with E-state index in [-0.39, 0.29) is 12.3 Å². The van der Waals surface area contributed by atoms with Gasteiger partial charge in [0, 0.05) is 6.42 Å². The monoisotopic (exact) mass is 235 g/mol. The Labute approximate surface area is 92.7 Å². The van der Waals surface area contributed by atoms with Crippen molar-refractivity contribution >= 4 is 5.91 Å². The molecule has 1 saturated heterocycles. The lowest BCUT2D eigenvalue weighted by molar-refractivity contribution is -0.253. The zero-order valence-corrected chi connectivity index (χ0v) is 8.91. The summed E-state index contributed by atoms with van der Waals surface area (Å²) in [6.45, 7) is 1.09. The highest BCUT2D eigenvalue weighted by atomic mass is 16.6. The minimum atomic E-state index is -1.45. The molecule has 0 bridgehead atoms. The van der Waals surface area contributed by atoms with E-state index < -0.39 is 37.3 Å². The van der Waals surface area contributed by atoms with Crippen molar-refractivity contribution in [2.24, 2.45) is 0 Å². The number of rotatable bonds is 3. The lowest BCUT2D eigenvalue weighted by Crippen LogP contribution is -2.64. The summed E-state index contributed by atoms with van der Waals surface area (Å²) in [5.74, 6) is -0.374. The molecule has 0 aromatic heterocycles. The van der Waals surface area contributed by atoms with Gasteiger partial charge in [-0.05, 0) is 0 Å². The molecule has 1 rings (SSSR count).